The number of rotatable bonds is 6. The Morgan fingerprint density at radius 3 is 2.16 bits per heavy atom. The van der Waals surface area contributed by atoms with Crippen LogP contribution in [0.3, 0.4) is 0 Å². The molecule has 56 heavy (non-hydrogen) atoms. The van der Waals surface area contributed by atoms with E-state index in [-0.39, 0.29) is 26.5 Å². The van der Waals surface area contributed by atoms with Crippen molar-refractivity contribution in [3.05, 3.63) is 156 Å². The Kier molecular flexibility index (Phi) is 8.49. The molecule has 0 saturated heterocycles. The normalized spacial score (nSPS) is 23.5. The van der Waals surface area contributed by atoms with Gasteiger partial charge in [-0.05, 0) is 147 Å². The Morgan fingerprint density at radius 1 is 0.696 bits per heavy atom. The number of para-hydroxylation sites is 3. The molecule has 2 aromatic heterocycles. The zero-order valence-electron chi connectivity index (χ0n) is 32.3. The Balaban J connectivity index is 0.00000384. The first-order valence-corrected chi connectivity index (χ1v) is 20.0. The van der Waals surface area contributed by atoms with E-state index >= 15 is 0 Å². The average molecular weight is 913 g/mol. The zero-order valence-corrected chi connectivity index (χ0v) is 34.6. The maximum atomic E-state index is 6.58. The van der Waals surface area contributed by atoms with E-state index in [2.05, 4.69) is 152 Å². The van der Waals surface area contributed by atoms with Crippen LogP contribution in [-0.4, -0.2) is 16.6 Å². The fraction of sp³-hybridized carbons (Fsp3) is 0.280. The number of aromatic nitrogens is 2. The molecule has 0 N–H and O–H groups in total. The summed E-state index contributed by atoms with van der Waals surface area (Å²) in [7, 11) is 2.07. The van der Waals surface area contributed by atoms with Gasteiger partial charge in [0.25, 0.3) is 0 Å². The molecule has 7 aromatic rings. The fourth-order valence-electron chi connectivity index (χ4n) is 11.5. The minimum atomic E-state index is -0.0198. The predicted molar refractivity (Wildman–Crippen MR) is 223 cm³/mol. The molecule has 4 bridgehead atoms. The average Bonchev–Trinajstić information content (AvgIpc) is 3.71. The molecule has 0 radical (unpaired) electrons. The first-order chi connectivity index (χ1) is 26.8. The summed E-state index contributed by atoms with van der Waals surface area (Å²) in [6, 6.07) is 44.4. The minimum absolute atomic E-state index is 0. The van der Waals surface area contributed by atoms with Crippen molar-refractivity contribution in [2.75, 3.05) is 16.8 Å². The van der Waals surface area contributed by atoms with Crippen molar-refractivity contribution in [1.82, 2.24) is 9.55 Å². The molecule has 12 rings (SSSR count). The van der Waals surface area contributed by atoms with Gasteiger partial charge in [0.15, 0.2) is 0 Å². The number of ether oxygens (including phenoxy) is 1. The van der Waals surface area contributed by atoms with Gasteiger partial charge in [-0.2, -0.15) is 18.8 Å². The molecule has 0 amide bonds. The third kappa shape index (κ3) is 5.33. The molecule has 284 valence electrons. The number of benzene rings is 5. The van der Waals surface area contributed by atoms with E-state index in [0.717, 1.165) is 51.1 Å². The molecule has 4 aliphatic carbocycles. The van der Waals surface area contributed by atoms with Crippen molar-refractivity contribution < 1.29 is 25.8 Å². The van der Waals surface area contributed by atoms with Crippen LogP contribution in [0.25, 0.3) is 27.6 Å². The SMILES string of the molecule is Cc1cc(C2(c3ccnc(-n4c5[c-]c(Oc6[c-]c(N7[CH-]N(C)c8ccccc87)ccc6)ccc5c5ccccc54)c3)C3CC4CC(C3)CC2C4)cc(C)c1C.[Pt]. The Hall–Kier alpha value is -4.86. The molecule has 3 heterocycles. The number of hydrogen-bond acceptors (Lipinski definition) is 4. The fourth-order valence-corrected chi connectivity index (χ4v) is 11.5. The van der Waals surface area contributed by atoms with Crippen LogP contribution in [0.1, 0.15) is 59.9 Å². The molecule has 1 aliphatic heterocycles. The summed E-state index contributed by atoms with van der Waals surface area (Å²) >= 11 is 0. The number of aryl methyl sites for hydroxylation is 2. The van der Waals surface area contributed by atoms with Crippen LogP contribution < -0.4 is 14.5 Å². The van der Waals surface area contributed by atoms with Gasteiger partial charge in [-0.15, -0.1) is 41.4 Å². The molecule has 0 spiro atoms. The van der Waals surface area contributed by atoms with Gasteiger partial charge < -0.3 is 19.1 Å². The van der Waals surface area contributed by atoms with Gasteiger partial charge in [-0.1, -0.05) is 48.0 Å². The number of fused-ring (bicyclic) bond motifs is 4. The monoisotopic (exact) mass is 912 g/mol. The molecule has 6 heteroatoms. The number of anilines is 3. The minimum Gasteiger partial charge on any atom is -0.509 e. The predicted octanol–water partition coefficient (Wildman–Crippen LogP) is 11.9. The molecule has 0 unspecified atom stereocenters. The molecule has 5 aromatic carbocycles. The summed E-state index contributed by atoms with van der Waals surface area (Å²) in [5.41, 5.74) is 12.4. The van der Waals surface area contributed by atoms with E-state index < -0.39 is 0 Å². The summed E-state index contributed by atoms with van der Waals surface area (Å²) in [6.45, 7) is 8.97. The van der Waals surface area contributed by atoms with Gasteiger partial charge in [0, 0.05) is 61.1 Å². The van der Waals surface area contributed by atoms with Crippen molar-refractivity contribution in [2.24, 2.45) is 23.7 Å². The molecule has 5 aliphatic rings. The zero-order chi connectivity index (χ0) is 37.0. The Bertz CT molecular complexity index is 2610. The number of hydrogen-bond donors (Lipinski definition) is 0. The topological polar surface area (TPSA) is 33.5 Å². The van der Waals surface area contributed by atoms with Crippen molar-refractivity contribution in [3.63, 3.8) is 0 Å². The molecular formula is C50H45N4OPt-3. The van der Waals surface area contributed by atoms with Crippen molar-refractivity contribution in [1.29, 1.82) is 0 Å². The van der Waals surface area contributed by atoms with Gasteiger partial charge in [0.05, 0.1) is 0 Å². The van der Waals surface area contributed by atoms with Crippen LogP contribution in [0, 0.1) is 63.2 Å². The summed E-state index contributed by atoms with van der Waals surface area (Å²) in [6.07, 6.45) is 8.82. The Morgan fingerprint density at radius 2 is 1.39 bits per heavy atom. The van der Waals surface area contributed by atoms with E-state index in [1.165, 1.54) is 65.3 Å². The van der Waals surface area contributed by atoms with E-state index in [9.17, 15) is 0 Å². The van der Waals surface area contributed by atoms with Crippen LogP contribution >= 0.6 is 0 Å². The van der Waals surface area contributed by atoms with Crippen LogP contribution in [0.5, 0.6) is 11.5 Å². The standard InChI is InChI=1S/C50H45N4O.Pt/c1-31-20-37(21-32(2)33(31)3)50(38-23-34-22-35(25-38)26-39(50)24-34)36-18-19-51-49(27-36)54-45-13-6-5-12-43(45)44-17-16-42(29-48(44)54)55-41-11-9-10-40(28-41)53-30-52(4)46-14-7-8-15-47(46)53;/h5-21,27,30,34-35,38-39H,22-26H2,1-4H3;/q-3;. The van der Waals surface area contributed by atoms with Crippen LogP contribution in [-0.2, 0) is 26.5 Å². The third-order valence-corrected chi connectivity index (χ3v) is 13.9. The van der Waals surface area contributed by atoms with E-state index in [1.54, 1.807) is 0 Å². The molecule has 0 atom stereocenters. The van der Waals surface area contributed by atoms with Gasteiger partial charge in [0.1, 0.15) is 5.82 Å². The van der Waals surface area contributed by atoms with Gasteiger partial charge in [0.2, 0.25) is 0 Å². The second-order valence-electron chi connectivity index (χ2n) is 16.8. The van der Waals surface area contributed by atoms with Crippen molar-refractivity contribution in [2.45, 2.75) is 58.3 Å². The van der Waals surface area contributed by atoms with E-state index in [1.807, 2.05) is 18.2 Å². The van der Waals surface area contributed by atoms with Crippen LogP contribution in [0.2, 0.25) is 0 Å². The summed E-state index contributed by atoms with van der Waals surface area (Å²) < 4.78 is 8.89. The summed E-state index contributed by atoms with van der Waals surface area (Å²) in [5, 5.41) is 2.32. The van der Waals surface area contributed by atoms with Gasteiger partial charge in [-0.3, -0.25) is 0 Å². The molecule has 5 nitrogen and oxygen atoms in total. The van der Waals surface area contributed by atoms with Gasteiger partial charge >= 0.3 is 0 Å². The molecule has 4 fully saturated rings. The second-order valence-corrected chi connectivity index (χ2v) is 16.8. The maximum Gasteiger partial charge on any atom is 0.135 e. The van der Waals surface area contributed by atoms with Crippen LogP contribution in [0.4, 0.5) is 17.1 Å². The largest absolute Gasteiger partial charge is 0.509 e. The Labute approximate surface area is 344 Å². The second kappa shape index (κ2) is 13.4. The smallest absolute Gasteiger partial charge is 0.135 e. The molecule has 4 saturated carbocycles. The number of nitrogens with zero attached hydrogens (tertiary/aromatic N) is 4. The quantitative estimate of drug-likeness (QED) is 0.156. The summed E-state index contributed by atoms with van der Waals surface area (Å²) in [4.78, 5) is 9.43. The van der Waals surface area contributed by atoms with Crippen LogP contribution in [0.15, 0.2) is 109 Å². The molecular weight excluding hydrogens is 868 g/mol. The van der Waals surface area contributed by atoms with Crippen molar-refractivity contribution >= 4 is 38.9 Å². The number of pyridine rings is 1. The van der Waals surface area contributed by atoms with E-state index in [4.69, 9.17) is 9.72 Å². The maximum absolute atomic E-state index is 6.58. The third-order valence-electron chi connectivity index (χ3n) is 13.9. The van der Waals surface area contributed by atoms with E-state index in [0.29, 0.717) is 23.3 Å². The first-order valence-electron chi connectivity index (χ1n) is 20.0. The summed E-state index contributed by atoms with van der Waals surface area (Å²) in [5.74, 6) is 5.26. The first kappa shape index (κ1) is 35.5. The van der Waals surface area contributed by atoms with Gasteiger partial charge in [-0.25, -0.2) is 4.98 Å². The van der Waals surface area contributed by atoms with Crippen molar-refractivity contribution in [3.8, 4) is 17.3 Å².